The number of rotatable bonds is 5. The Bertz CT molecular complexity index is 1080. The van der Waals surface area contributed by atoms with Crippen LogP contribution in [-0.2, 0) is 0 Å². The van der Waals surface area contributed by atoms with E-state index in [1.807, 2.05) is 77.4 Å². The van der Waals surface area contributed by atoms with Crippen LogP contribution in [0.1, 0.15) is 11.4 Å². The summed E-state index contributed by atoms with van der Waals surface area (Å²) in [5.41, 5.74) is 2.89. The highest BCUT2D eigenvalue weighted by Gasteiger charge is 2.12. The van der Waals surface area contributed by atoms with E-state index in [4.69, 9.17) is 14.5 Å². The van der Waals surface area contributed by atoms with Gasteiger partial charge in [0.25, 0.3) is 0 Å². The van der Waals surface area contributed by atoms with E-state index < -0.39 is 0 Å². The van der Waals surface area contributed by atoms with Crippen LogP contribution in [0.3, 0.4) is 0 Å². The minimum absolute atomic E-state index is 0.777. The number of benzene rings is 2. The van der Waals surface area contributed by atoms with Gasteiger partial charge in [0.05, 0.1) is 25.3 Å². The molecule has 5 heteroatoms. The topological polar surface area (TPSA) is 49.2 Å². The van der Waals surface area contributed by atoms with Crippen molar-refractivity contribution in [1.29, 1.82) is 0 Å². The molecule has 0 saturated carbocycles. The molecule has 0 spiro atoms. The van der Waals surface area contributed by atoms with Gasteiger partial charge < -0.3 is 9.47 Å². The van der Waals surface area contributed by atoms with Gasteiger partial charge in [-0.1, -0.05) is 24.3 Å². The quantitative estimate of drug-likeness (QED) is 0.523. The van der Waals surface area contributed by atoms with Gasteiger partial charge in [-0.05, 0) is 48.0 Å². The molecule has 0 aliphatic rings. The minimum atomic E-state index is 0.777. The molecule has 5 nitrogen and oxygen atoms in total. The molecule has 0 aliphatic carbocycles. The highest BCUT2D eigenvalue weighted by Crippen LogP contribution is 2.25. The Morgan fingerprint density at radius 2 is 1.63 bits per heavy atom. The number of aromatic nitrogens is 3. The monoisotopic (exact) mass is 357 g/mol. The Morgan fingerprint density at radius 3 is 2.33 bits per heavy atom. The van der Waals surface area contributed by atoms with Crippen molar-refractivity contribution >= 4 is 23.2 Å². The highest BCUT2D eigenvalue weighted by atomic mass is 16.5. The number of ether oxygens (including phenoxy) is 2. The third-order valence-electron chi connectivity index (χ3n) is 4.31. The summed E-state index contributed by atoms with van der Waals surface area (Å²) >= 11 is 0. The second kappa shape index (κ2) is 7.33. The Kier molecular flexibility index (Phi) is 4.58. The van der Waals surface area contributed by atoms with Crippen LogP contribution in [0, 0.1) is 0 Å². The number of hydrogen-bond acceptors (Lipinski definition) is 4. The van der Waals surface area contributed by atoms with Gasteiger partial charge in [-0.15, -0.1) is 0 Å². The van der Waals surface area contributed by atoms with Crippen molar-refractivity contribution in [3.63, 3.8) is 0 Å². The predicted octanol–water partition coefficient (Wildman–Crippen LogP) is 4.61. The lowest BCUT2D eigenvalue weighted by atomic mass is 10.2. The second-order valence-electron chi connectivity index (χ2n) is 5.95. The fourth-order valence-corrected chi connectivity index (χ4v) is 2.93. The summed E-state index contributed by atoms with van der Waals surface area (Å²) < 4.78 is 12.6. The van der Waals surface area contributed by atoms with Crippen LogP contribution in [0.2, 0.25) is 0 Å². The van der Waals surface area contributed by atoms with Crippen LogP contribution in [0.5, 0.6) is 11.5 Å². The number of methoxy groups -OCH3 is 2. The molecule has 0 amide bonds. The van der Waals surface area contributed by atoms with E-state index in [9.17, 15) is 0 Å². The van der Waals surface area contributed by atoms with Gasteiger partial charge in [-0.3, -0.25) is 4.57 Å². The van der Waals surface area contributed by atoms with Gasteiger partial charge in [0, 0.05) is 12.3 Å². The third-order valence-corrected chi connectivity index (χ3v) is 4.31. The maximum absolute atomic E-state index is 5.33. The maximum Gasteiger partial charge on any atom is 0.139 e. The molecule has 2 aromatic carbocycles. The summed E-state index contributed by atoms with van der Waals surface area (Å²) in [4.78, 5) is 9.27. The first-order valence-electron chi connectivity index (χ1n) is 8.58. The van der Waals surface area contributed by atoms with Gasteiger partial charge in [0.15, 0.2) is 0 Å². The summed E-state index contributed by atoms with van der Waals surface area (Å²) in [6.07, 6.45) is 5.79. The summed E-state index contributed by atoms with van der Waals surface area (Å²) in [6.45, 7) is 0. The maximum atomic E-state index is 5.33. The molecule has 0 radical (unpaired) electrons. The zero-order valence-corrected chi connectivity index (χ0v) is 15.2. The Balaban J connectivity index is 1.81. The van der Waals surface area contributed by atoms with Crippen molar-refractivity contribution in [1.82, 2.24) is 14.5 Å². The van der Waals surface area contributed by atoms with Crippen LogP contribution < -0.4 is 9.47 Å². The molecule has 0 saturated heterocycles. The molecule has 0 bridgehead atoms. The Labute approximate surface area is 157 Å². The van der Waals surface area contributed by atoms with Crippen molar-refractivity contribution < 1.29 is 9.47 Å². The molecular formula is C22H19N3O2. The summed E-state index contributed by atoms with van der Waals surface area (Å²) in [5.74, 6) is 3.23. The van der Waals surface area contributed by atoms with Crippen molar-refractivity contribution in [3.8, 4) is 17.3 Å². The lowest BCUT2D eigenvalue weighted by Gasteiger charge is -2.06. The smallest absolute Gasteiger partial charge is 0.139 e. The third kappa shape index (κ3) is 3.40. The van der Waals surface area contributed by atoms with E-state index in [0.29, 0.717) is 0 Å². The van der Waals surface area contributed by atoms with Crippen molar-refractivity contribution in [2.75, 3.05) is 14.2 Å². The van der Waals surface area contributed by atoms with E-state index in [1.54, 1.807) is 20.4 Å². The molecular weight excluding hydrogens is 338 g/mol. The zero-order valence-electron chi connectivity index (χ0n) is 15.2. The van der Waals surface area contributed by atoms with Gasteiger partial charge >= 0.3 is 0 Å². The van der Waals surface area contributed by atoms with E-state index in [1.165, 1.54) is 0 Å². The van der Waals surface area contributed by atoms with Gasteiger partial charge in [0.2, 0.25) is 0 Å². The van der Waals surface area contributed by atoms with Crippen molar-refractivity contribution in [3.05, 3.63) is 78.2 Å². The van der Waals surface area contributed by atoms with E-state index >= 15 is 0 Å². The van der Waals surface area contributed by atoms with Crippen molar-refractivity contribution in [2.45, 2.75) is 0 Å². The van der Waals surface area contributed by atoms with Crippen LogP contribution >= 0.6 is 0 Å². The minimum Gasteiger partial charge on any atom is -0.497 e. The highest BCUT2D eigenvalue weighted by molar-refractivity contribution is 5.83. The van der Waals surface area contributed by atoms with Crippen LogP contribution in [0.4, 0.5) is 0 Å². The first kappa shape index (κ1) is 16.8. The van der Waals surface area contributed by atoms with E-state index in [0.717, 1.165) is 39.7 Å². The molecule has 0 N–H and O–H groups in total. The average molecular weight is 357 g/mol. The molecule has 134 valence electrons. The molecule has 4 rings (SSSR count). The average Bonchev–Trinajstić information content (AvgIpc) is 3.10. The summed E-state index contributed by atoms with van der Waals surface area (Å²) in [5, 5.41) is 0. The largest absolute Gasteiger partial charge is 0.497 e. The Hall–Kier alpha value is -3.60. The van der Waals surface area contributed by atoms with E-state index in [-0.39, 0.29) is 0 Å². The molecule has 27 heavy (non-hydrogen) atoms. The molecule has 0 aliphatic heterocycles. The first-order valence-corrected chi connectivity index (χ1v) is 8.58. The summed E-state index contributed by atoms with van der Waals surface area (Å²) in [6, 6.07) is 19.6. The number of pyridine rings is 1. The molecule has 0 atom stereocenters. The lowest BCUT2D eigenvalue weighted by molar-refractivity contribution is 0.415. The number of hydrogen-bond donors (Lipinski definition) is 0. The standard InChI is InChI=1S/C22H19N3O2/c1-26-17-9-6-16(7-10-17)8-13-22-24-19-15-18(27-2)11-12-20(19)25(22)21-5-3-4-14-23-21/h3-15H,1-2H3/b13-8+. The van der Waals surface area contributed by atoms with Gasteiger partial charge in [0.1, 0.15) is 23.1 Å². The molecule has 4 aromatic rings. The SMILES string of the molecule is COc1ccc(/C=C/c2nc3cc(OC)ccc3n2-c2ccccn2)cc1. The van der Waals surface area contributed by atoms with Crippen LogP contribution in [-0.4, -0.2) is 28.8 Å². The lowest BCUT2D eigenvalue weighted by Crippen LogP contribution is -1.99. The molecule has 2 heterocycles. The van der Waals surface area contributed by atoms with Crippen molar-refractivity contribution in [2.24, 2.45) is 0 Å². The number of nitrogens with zero attached hydrogens (tertiary/aromatic N) is 3. The normalized spacial score (nSPS) is 11.2. The Morgan fingerprint density at radius 1 is 0.852 bits per heavy atom. The van der Waals surface area contributed by atoms with Gasteiger partial charge in [-0.2, -0.15) is 0 Å². The number of fused-ring (bicyclic) bond motifs is 1. The van der Waals surface area contributed by atoms with Crippen LogP contribution in [0.25, 0.3) is 29.0 Å². The fourth-order valence-electron chi connectivity index (χ4n) is 2.93. The van der Waals surface area contributed by atoms with Crippen LogP contribution in [0.15, 0.2) is 66.9 Å². The molecule has 0 fully saturated rings. The first-order chi connectivity index (χ1) is 13.3. The van der Waals surface area contributed by atoms with Gasteiger partial charge in [-0.25, -0.2) is 9.97 Å². The molecule has 2 aromatic heterocycles. The zero-order chi connectivity index (χ0) is 18.6. The summed E-state index contributed by atoms with van der Waals surface area (Å²) in [7, 11) is 3.32. The fraction of sp³-hybridized carbons (Fsp3) is 0.0909. The van der Waals surface area contributed by atoms with E-state index in [2.05, 4.69) is 4.98 Å². The second-order valence-corrected chi connectivity index (χ2v) is 5.95. The molecule has 0 unspecified atom stereocenters. The predicted molar refractivity (Wildman–Crippen MR) is 107 cm³/mol. The number of imidazole rings is 1.